The number of nitrogens with zero attached hydrogens (tertiary/aromatic N) is 1. The Balaban J connectivity index is 1.58. The van der Waals surface area contributed by atoms with Gasteiger partial charge < -0.3 is 10.2 Å². The maximum absolute atomic E-state index is 12.8. The number of nitrogens with one attached hydrogen (secondary N) is 1. The standard InChI is InChI=1S/C22H20Cl2N2O/c23-19-9-5-6-16-17(19)7-4-8-18(16)22(27)25-15-10-11-21(20(24)14-15)26-12-2-1-3-13-26/h4-11,14H,1-3,12-13H2,(H,25,27). The Bertz CT molecular complexity index is 997. The van der Waals surface area contributed by atoms with Crippen LogP contribution in [-0.4, -0.2) is 19.0 Å². The number of hydrogen-bond acceptors (Lipinski definition) is 2. The summed E-state index contributed by atoms with van der Waals surface area (Å²) < 4.78 is 0. The Morgan fingerprint density at radius 2 is 1.59 bits per heavy atom. The highest BCUT2D eigenvalue weighted by Gasteiger charge is 2.16. The first-order chi connectivity index (χ1) is 13.1. The van der Waals surface area contributed by atoms with Crippen LogP contribution in [0.5, 0.6) is 0 Å². The van der Waals surface area contributed by atoms with Crippen LogP contribution < -0.4 is 10.2 Å². The lowest BCUT2D eigenvalue weighted by molar-refractivity contribution is 0.102. The number of fused-ring (bicyclic) bond motifs is 1. The molecule has 1 heterocycles. The van der Waals surface area contributed by atoms with E-state index in [1.165, 1.54) is 19.3 Å². The molecule has 4 rings (SSSR count). The molecule has 3 aromatic rings. The number of benzene rings is 3. The van der Waals surface area contributed by atoms with E-state index in [0.29, 0.717) is 21.3 Å². The molecule has 1 aliphatic heterocycles. The van der Waals surface area contributed by atoms with Crippen molar-refractivity contribution < 1.29 is 4.79 Å². The average molecular weight is 399 g/mol. The van der Waals surface area contributed by atoms with E-state index >= 15 is 0 Å². The largest absolute Gasteiger partial charge is 0.370 e. The smallest absolute Gasteiger partial charge is 0.256 e. The quantitative estimate of drug-likeness (QED) is 0.554. The number of carbonyl (C=O) groups excluding carboxylic acids is 1. The first-order valence-electron chi connectivity index (χ1n) is 9.16. The lowest BCUT2D eigenvalue weighted by Gasteiger charge is -2.29. The van der Waals surface area contributed by atoms with E-state index in [-0.39, 0.29) is 5.91 Å². The van der Waals surface area contributed by atoms with Gasteiger partial charge in [-0.1, -0.05) is 47.5 Å². The van der Waals surface area contributed by atoms with Crippen molar-refractivity contribution in [3.63, 3.8) is 0 Å². The number of anilines is 2. The molecular weight excluding hydrogens is 379 g/mol. The Hall–Kier alpha value is -2.23. The van der Waals surface area contributed by atoms with E-state index in [0.717, 1.165) is 29.5 Å². The number of carbonyl (C=O) groups is 1. The topological polar surface area (TPSA) is 32.3 Å². The van der Waals surface area contributed by atoms with Crippen molar-refractivity contribution in [3.05, 3.63) is 70.2 Å². The van der Waals surface area contributed by atoms with E-state index in [9.17, 15) is 4.79 Å². The minimum atomic E-state index is -0.176. The van der Waals surface area contributed by atoms with E-state index in [2.05, 4.69) is 10.2 Å². The molecular formula is C22H20Cl2N2O. The number of halogens is 2. The van der Waals surface area contributed by atoms with Gasteiger partial charge in [-0.25, -0.2) is 0 Å². The zero-order chi connectivity index (χ0) is 18.8. The van der Waals surface area contributed by atoms with Crippen LogP contribution in [0.1, 0.15) is 29.6 Å². The summed E-state index contributed by atoms with van der Waals surface area (Å²) >= 11 is 12.7. The third kappa shape index (κ3) is 3.76. The highest BCUT2D eigenvalue weighted by atomic mass is 35.5. The summed E-state index contributed by atoms with van der Waals surface area (Å²) in [5.74, 6) is -0.176. The Morgan fingerprint density at radius 3 is 2.37 bits per heavy atom. The Labute approximate surface area is 168 Å². The zero-order valence-corrected chi connectivity index (χ0v) is 16.4. The van der Waals surface area contributed by atoms with Crippen LogP contribution in [0, 0.1) is 0 Å². The summed E-state index contributed by atoms with van der Waals surface area (Å²) in [4.78, 5) is 15.1. The molecule has 27 heavy (non-hydrogen) atoms. The summed E-state index contributed by atoms with van der Waals surface area (Å²) in [6.07, 6.45) is 3.66. The summed E-state index contributed by atoms with van der Waals surface area (Å²) in [6.45, 7) is 2.06. The van der Waals surface area contributed by atoms with E-state index < -0.39 is 0 Å². The van der Waals surface area contributed by atoms with Gasteiger partial charge in [-0.3, -0.25) is 4.79 Å². The first-order valence-corrected chi connectivity index (χ1v) is 9.92. The molecule has 1 amide bonds. The molecule has 1 fully saturated rings. The fourth-order valence-electron chi connectivity index (χ4n) is 3.64. The molecule has 0 spiro atoms. The lowest BCUT2D eigenvalue weighted by Crippen LogP contribution is -2.29. The second kappa shape index (κ2) is 7.79. The fourth-order valence-corrected chi connectivity index (χ4v) is 4.18. The normalized spacial score (nSPS) is 14.4. The molecule has 3 nitrogen and oxygen atoms in total. The van der Waals surface area contributed by atoms with Crippen molar-refractivity contribution in [1.29, 1.82) is 0 Å². The molecule has 0 aromatic heterocycles. The molecule has 138 valence electrons. The van der Waals surface area contributed by atoms with Crippen molar-refractivity contribution in [2.75, 3.05) is 23.3 Å². The summed E-state index contributed by atoms with van der Waals surface area (Å²) in [5, 5.41) is 5.95. The number of piperidine rings is 1. The van der Waals surface area contributed by atoms with Crippen LogP contribution in [-0.2, 0) is 0 Å². The maximum Gasteiger partial charge on any atom is 0.256 e. The van der Waals surface area contributed by atoms with E-state index in [1.54, 1.807) is 6.07 Å². The number of rotatable bonds is 3. The molecule has 1 saturated heterocycles. The minimum absolute atomic E-state index is 0.176. The van der Waals surface area contributed by atoms with Crippen molar-refractivity contribution >= 4 is 51.3 Å². The molecule has 0 bridgehead atoms. The Kier molecular flexibility index (Phi) is 5.24. The van der Waals surface area contributed by atoms with Gasteiger partial charge >= 0.3 is 0 Å². The molecule has 0 atom stereocenters. The van der Waals surface area contributed by atoms with Gasteiger partial charge in [0.15, 0.2) is 0 Å². The molecule has 0 unspecified atom stereocenters. The van der Waals surface area contributed by atoms with Crippen molar-refractivity contribution in [2.45, 2.75) is 19.3 Å². The van der Waals surface area contributed by atoms with Crippen LogP contribution in [0.3, 0.4) is 0 Å². The molecule has 0 radical (unpaired) electrons. The predicted molar refractivity (Wildman–Crippen MR) is 114 cm³/mol. The highest BCUT2D eigenvalue weighted by molar-refractivity contribution is 6.36. The van der Waals surface area contributed by atoms with E-state index in [1.807, 2.05) is 48.5 Å². The van der Waals surface area contributed by atoms with Gasteiger partial charge in [-0.2, -0.15) is 0 Å². The van der Waals surface area contributed by atoms with Gasteiger partial charge in [-0.15, -0.1) is 0 Å². The maximum atomic E-state index is 12.8. The third-order valence-corrected chi connectivity index (χ3v) is 5.65. The number of amides is 1. The molecule has 1 aliphatic rings. The molecule has 1 N–H and O–H groups in total. The van der Waals surface area contributed by atoms with Crippen LogP contribution >= 0.6 is 23.2 Å². The van der Waals surface area contributed by atoms with Gasteiger partial charge in [0.05, 0.1) is 10.7 Å². The summed E-state index contributed by atoms with van der Waals surface area (Å²) in [7, 11) is 0. The number of hydrogen-bond donors (Lipinski definition) is 1. The van der Waals surface area contributed by atoms with Crippen LogP contribution in [0.25, 0.3) is 10.8 Å². The van der Waals surface area contributed by atoms with Crippen molar-refractivity contribution in [3.8, 4) is 0 Å². The molecule has 3 aromatic carbocycles. The first kappa shape index (κ1) is 18.1. The second-order valence-corrected chi connectivity index (χ2v) is 7.62. The summed E-state index contributed by atoms with van der Waals surface area (Å²) in [6, 6.07) is 16.9. The predicted octanol–water partition coefficient (Wildman–Crippen LogP) is 6.39. The van der Waals surface area contributed by atoms with Crippen LogP contribution in [0.4, 0.5) is 11.4 Å². The molecule has 0 saturated carbocycles. The SMILES string of the molecule is O=C(Nc1ccc(N2CCCCC2)c(Cl)c1)c1cccc2c(Cl)cccc12. The van der Waals surface area contributed by atoms with Gasteiger partial charge in [0, 0.05) is 34.7 Å². The van der Waals surface area contributed by atoms with Gasteiger partial charge in [0.2, 0.25) is 0 Å². The molecule has 5 heteroatoms. The third-order valence-electron chi connectivity index (χ3n) is 5.02. The van der Waals surface area contributed by atoms with Gasteiger partial charge in [0.25, 0.3) is 5.91 Å². The highest BCUT2D eigenvalue weighted by Crippen LogP contribution is 2.31. The van der Waals surface area contributed by atoms with Crippen LogP contribution in [0.2, 0.25) is 10.0 Å². The Morgan fingerprint density at radius 1 is 0.852 bits per heavy atom. The molecule has 0 aliphatic carbocycles. The second-order valence-electron chi connectivity index (χ2n) is 6.81. The van der Waals surface area contributed by atoms with Gasteiger partial charge in [-0.05, 0) is 55.0 Å². The zero-order valence-electron chi connectivity index (χ0n) is 14.8. The monoisotopic (exact) mass is 398 g/mol. The van der Waals surface area contributed by atoms with Crippen LogP contribution in [0.15, 0.2) is 54.6 Å². The summed E-state index contributed by atoms with van der Waals surface area (Å²) in [5.41, 5.74) is 2.31. The van der Waals surface area contributed by atoms with E-state index in [4.69, 9.17) is 23.2 Å². The van der Waals surface area contributed by atoms with Crippen molar-refractivity contribution in [1.82, 2.24) is 0 Å². The van der Waals surface area contributed by atoms with Crippen molar-refractivity contribution in [2.24, 2.45) is 0 Å². The average Bonchev–Trinajstić information content (AvgIpc) is 2.69. The lowest BCUT2D eigenvalue weighted by atomic mass is 10.0. The van der Waals surface area contributed by atoms with Gasteiger partial charge in [0.1, 0.15) is 0 Å². The minimum Gasteiger partial charge on any atom is -0.370 e. The fraction of sp³-hybridized carbons (Fsp3) is 0.227.